The van der Waals surface area contributed by atoms with Gasteiger partial charge in [-0.15, -0.1) is 0 Å². The first-order chi connectivity index (χ1) is 9.41. The van der Waals surface area contributed by atoms with Gasteiger partial charge < -0.3 is 9.88 Å². The van der Waals surface area contributed by atoms with Gasteiger partial charge in [-0.3, -0.25) is 9.59 Å². The number of carbonyl (C=O) groups excluding carboxylic acids is 2. The molecule has 1 aliphatic rings. The summed E-state index contributed by atoms with van der Waals surface area (Å²) in [6, 6.07) is 5.28. The van der Waals surface area contributed by atoms with Gasteiger partial charge >= 0.3 is 0 Å². The minimum absolute atomic E-state index is 0.0471. The SMILES string of the molecule is Cn1ccnc1C(=O)c1ccc2c(c1)C(C)(C)C(=O)N2. The standard InChI is InChI=1S/C15H15N3O2/c1-15(2)10-8-9(4-5-11(10)17-14(15)20)12(19)13-16-6-7-18(13)3/h4-8H,1-3H3,(H,17,20). The molecule has 102 valence electrons. The number of fused-ring (bicyclic) bond motifs is 1. The summed E-state index contributed by atoms with van der Waals surface area (Å²) in [5, 5.41) is 2.83. The van der Waals surface area contributed by atoms with E-state index < -0.39 is 5.41 Å². The highest BCUT2D eigenvalue weighted by Gasteiger charge is 2.38. The van der Waals surface area contributed by atoms with E-state index in [2.05, 4.69) is 10.3 Å². The zero-order chi connectivity index (χ0) is 14.5. The quantitative estimate of drug-likeness (QED) is 0.847. The van der Waals surface area contributed by atoms with E-state index in [1.165, 1.54) is 0 Å². The van der Waals surface area contributed by atoms with E-state index in [4.69, 9.17) is 0 Å². The second kappa shape index (κ2) is 4.03. The van der Waals surface area contributed by atoms with Crippen molar-refractivity contribution in [2.24, 2.45) is 7.05 Å². The van der Waals surface area contributed by atoms with Gasteiger partial charge in [0.25, 0.3) is 0 Å². The molecule has 5 nitrogen and oxygen atoms in total. The molecule has 1 aromatic heterocycles. The van der Waals surface area contributed by atoms with Crippen LogP contribution in [0.1, 0.15) is 35.6 Å². The van der Waals surface area contributed by atoms with Gasteiger partial charge in [0.15, 0.2) is 5.82 Å². The molecule has 0 fully saturated rings. The van der Waals surface area contributed by atoms with Crippen LogP contribution in [0.4, 0.5) is 5.69 Å². The fourth-order valence-electron chi connectivity index (χ4n) is 2.43. The van der Waals surface area contributed by atoms with Crippen molar-refractivity contribution in [1.29, 1.82) is 0 Å². The summed E-state index contributed by atoms with van der Waals surface area (Å²) in [6.45, 7) is 3.70. The molecule has 1 amide bonds. The van der Waals surface area contributed by atoms with Crippen LogP contribution in [0, 0.1) is 0 Å². The van der Waals surface area contributed by atoms with E-state index in [0.717, 1.165) is 11.3 Å². The Balaban J connectivity index is 2.07. The van der Waals surface area contributed by atoms with Gasteiger partial charge in [-0.25, -0.2) is 4.98 Å². The Morgan fingerprint density at radius 2 is 2.10 bits per heavy atom. The Morgan fingerprint density at radius 3 is 2.75 bits per heavy atom. The van der Waals surface area contributed by atoms with Gasteiger partial charge in [-0.05, 0) is 37.6 Å². The van der Waals surface area contributed by atoms with Crippen molar-refractivity contribution in [3.63, 3.8) is 0 Å². The average molecular weight is 269 g/mol. The molecule has 3 rings (SSSR count). The van der Waals surface area contributed by atoms with E-state index in [1.54, 1.807) is 42.2 Å². The minimum Gasteiger partial charge on any atom is -0.331 e. The molecule has 1 aliphatic heterocycles. The van der Waals surface area contributed by atoms with Crippen LogP contribution in [-0.4, -0.2) is 21.2 Å². The summed E-state index contributed by atoms with van der Waals surface area (Å²) in [6.07, 6.45) is 3.32. The highest BCUT2D eigenvalue weighted by molar-refractivity contribution is 6.10. The number of carbonyl (C=O) groups is 2. The van der Waals surface area contributed by atoms with Crippen LogP contribution in [-0.2, 0) is 17.3 Å². The molecule has 5 heteroatoms. The molecule has 2 heterocycles. The molecule has 2 aromatic rings. The predicted molar refractivity (Wildman–Crippen MR) is 74.7 cm³/mol. The highest BCUT2D eigenvalue weighted by Crippen LogP contribution is 2.37. The van der Waals surface area contributed by atoms with Gasteiger partial charge in [0.2, 0.25) is 11.7 Å². The summed E-state index contributed by atoms with van der Waals surface area (Å²) in [5.41, 5.74) is 1.55. The maximum Gasteiger partial charge on any atom is 0.234 e. The van der Waals surface area contributed by atoms with Crippen molar-refractivity contribution in [1.82, 2.24) is 9.55 Å². The third-order valence-corrected chi connectivity index (χ3v) is 3.80. The zero-order valence-corrected chi connectivity index (χ0v) is 11.6. The molecular weight excluding hydrogens is 254 g/mol. The molecule has 0 saturated heterocycles. The van der Waals surface area contributed by atoms with E-state index in [0.29, 0.717) is 11.4 Å². The number of rotatable bonds is 2. The lowest BCUT2D eigenvalue weighted by molar-refractivity contribution is -0.119. The van der Waals surface area contributed by atoms with Crippen molar-refractivity contribution in [3.05, 3.63) is 47.5 Å². The van der Waals surface area contributed by atoms with Crippen molar-refractivity contribution >= 4 is 17.4 Å². The maximum atomic E-state index is 12.4. The van der Waals surface area contributed by atoms with Gasteiger partial charge in [0.05, 0.1) is 5.41 Å². The number of anilines is 1. The number of nitrogens with one attached hydrogen (secondary N) is 1. The Morgan fingerprint density at radius 1 is 1.35 bits per heavy atom. The van der Waals surface area contributed by atoms with Crippen LogP contribution in [0.15, 0.2) is 30.6 Å². The topological polar surface area (TPSA) is 64.0 Å². The number of ketones is 1. The second-order valence-corrected chi connectivity index (χ2v) is 5.53. The van der Waals surface area contributed by atoms with Crippen LogP contribution in [0.3, 0.4) is 0 Å². The first-order valence-electron chi connectivity index (χ1n) is 6.39. The highest BCUT2D eigenvalue weighted by atomic mass is 16.2. The third-order valence-electron chi connectivity index (χ3n) is 3.80. The Hall–Kier alpha value is -2.43. The monoisotopic (exact) mass is 269 g/mol. The maximum absolute atomic E-state index is 12.4. The van der Waals surface area contributed by atoms with Crippen LogP contribution >= 0.6 is 0 Å². The molecule has 0 unspecified atom stereocenters. The summed E-state index contributed by atoms with van der Waals surface area (Å²) in [4.78, 5) is 28.4. The lowest BCUT2D eigenvalue weighted by Crippen LogP contribution is -2.27. The number of hydrogen-bond acceptors (Lipinski definition) is 3. The largest absolute Gasteiger partial charge is 0.331 e. The molecule has 1 aromatic carbocycles. The number of aromatic nitrogens is 2. The normalized spacial score (nSPS) is 15.8. The smallest absolute Gasteiger partial charge is 0.234 e. The summed E-state index contributed by atoms with van der Waals surface area (Å²) < 4.78 is 1.68. The molecule has 0 radical (unpaired) electrons. The molecule has 0 spiro atoms. The predicted octanol–water partition coefficient (Wildman–Crippen LogP) is 1.88. The van der Waals surface area contributed by atoms with Crippen LogP contribution in [0.25, 0.3) is 0 Å². The number of hydrogen-bond donors (Lipinski definition) is 1. The molecule has 0 aliphatic carbocycles. The summed E-state index contributed by atoms with van der Waals surface area (Å²) in [7, 11) is 1.78. The fraction of sp³-hybridized carbons (Fsp3) is 0.267. The Bertz CT molecular complexity index is 728. The lowest BCUT2D eigenvalue weighted by Gasteiger charge is -2.15. The van der Waals surface area contributed by atoms with E-state index in [1.807, 2.05) is 13.8 Å². The second-order valence-electron chi connectivity index (χ2n) is 5.53. The molecular formula is C15H15N3O2. The molecule has 0 bridgehead atoms. The van der Waals surface area contributed by atoms with E-state index >= 15 is 0 Å². The average Bonchev–Trinajstić information content (AvgIpc) is 2.92. The number of nitrogens with zero attached hydrogens (tertiary/aromatic N) is 2. The first kappa shape index (κ1) is 12.6. The Kier molecular flexibility index (Phi) is 2.54. The first-order valence-corrected chi connectivity index (χ1v) is 6.39. The van der Waals surface area contributed by atoms with Gasteiger partial charge in [-0.1, -0.05) is 0 Å². The van der Waals surface area contributed by atoms with E-state index in [9.17, 15) is 9.59 Å². The van der Waals surface area contributed by atoms with Crippen LogP contribution < -0.4 is 5.32 Å². The number of benzene rings is 1. The number of amides is 1. The van der Waals surface area contributed by atoms with Gasteiger partial charge in [0.1, 0.15) is 0 Å². The van der Waals surface area contributed by atoms with Crippen molar-refractivity contribution in [2.45, 2.75) is 19.3 Å². The van der Waals surface area contributed by atoms with E-state index in [-0.39, 0.29) is 11.7 Å². The Labute approximate surface area is 116 Å². The van der Waals surface area contributed by atoms with Crippen LogP contribution in [0.2, 0.25) is 0 Å². The van der Waals surface area contributed by atoms with Gasteiger partial charge in [0, 0.05) is 30.7 Å². The minimum atomic E-state index is -0.618. The van der Waals surface area contributed by atoms with Crippen molar-refractivity contribution in [2.75, 3.05) is 5.32 Å². The summed E-state index contributed by atoms with van der Waals surface area (Å²) in [5.74, 6) is 0.199. The number of aryl methyl sites for hydroxylation is 1. The third kappa shape index (κ3) is 1.66. The van der Waals surface area contributed by atoms with Crippen molar-refractivity contribution in [3.8, 4) is 0 Å². The fourth-order valence-corrected chi connectivity index (χ4v) is 2.43. The summed E-state index contributed by atoms with van der Waals surface area (Å²) >= 11 is 0. The van der Waals surface area contributed by atoms with Gasteiger partial charge in [-0.2, -0.15) is 0 Å². The number of imidazole rings is 1. The molecule has 0 saturated carbocycles. The van der Waals surface area contributed by atoms with Crippen molar-refractivity contribution < 1.29 is 9.59 Å². The lowest BCUT2D eigenvalue weighted by atomic mass is 9.85. The molecule has 20 heavy (non-hydrogen) atoms. The zero-order valence-electron chi connectivity index (χ0n) is 11.6. The van der Waals surface area contributed by atoms with Crippen LogP contribution in [0.5, 0.6) is 0 Å². The molecule has 0 atom stereocenters. The molecule has 1 N–H and O–H groups in total.